The molecule has 2 nitrogen and oxygen atoms in total. The van der Waals surface area contributed by atoms with E-state index in [1.54, 1.807) is 6.08 Å². The van der Waals surface area contributed by atoms with Crippen molar-refractivity contribution in [2.45, 2.75) is 39.5 Å². The first kappa shape index (κ1) is 13.4. The first-order valence-corrected chi connectivity index (χ1v) is 7.01. The zero-order valence-corrected chi connectivity index (χ0v) is 10.9. The summed E-state index contributed by atoms with van der Waals surface area (Å²) < 4.78 is 4.96. The maximum atomic E-state index is 11.4. The van der Waals surface area contributed by atoms with Crippen LogP contribution in [0.2, 0.25) is 0 Å². The molecule has 3 heteroatoms. The van der Waals surface area contributed by atoms with Crippen molar-refractivity contribution in [2.24, 2.45) is 0 Å². The van der Waals surface area contributed by atoms with Crippen LogP contribution in [0, 0.1) is 0 Å². The lowest BCUT2D eigenvalue weighted by atomic mass is 9.99. The normalized spacial score (nSPS) is 16.1. The van der Waals surface area contributed by atoms with Crippen molar-refractivity contribution in [1.29, 1.82) is 0 Å². The Morgan fingerprint density at radius 2 is 2.38 bits per heavy atom. The Bertz CT molecular complexity index is 292. The highest BCUT2D eigenvalue weighted by molar-refractivity contribution is 8.02. The molecule has 1 rings (SSSR count). The monoisotopic (exact) mass is 240 g/mol. The fourth-order valence-corrected chi connectivity index (χ4v) is 2.57. The van der Waals surface area contributed by atoms with Crippen LogP contribution in [0.4, 0.5) is 0 Å². The molecule has 0 radical (unpaired) electrons. The van der Waals surface area contributed by atoms with Gasteiger partial charge in [-0.3, -0.25) is 0 Å². The SMILES string of the molecule is CCCC/C(=C/C(=O)OCC)C1=CSCC1. The van der Waals surface area contributed by atoms with Crippen molar-refractivity contribution >= 4 is 17.7 Å². The summed E-state index contributed by atoms with van der Waals surface area (Å²) >= 11 is 1.83. The van der Waals surface area contributed by atoms with Crippen LogP contribution in [0.25, 0.3) is 0 Å². The zero-order chi connectivity index (χ0) is 11.8. The fraction of sp³-hybridized carbons (Fsp3) is 0.615. The molecule has 0 aliphatic carbocycles. The number of allylic oxidation sites excluding steroid dienone is 2. The molecule has 0 spiro atoms. The summed E-state index contributed by atoms with van der Waals surface area (Å²) in [7, 11) is 0. The summed E-state index contributed by atoms with van der Waals surface area (Å²) in [6.07, 6.45) is 6.03. The Labute approximate surface area is 102 Å². The molecule has 0 N–H and O–H groups in total. The Balaban J connectivity index is 2.65. The van der Waals surface area contributed by atoms with Crippen molar-refractivity contribution in [3.8, 4) is 0 Å². The fourth-order valence-electron chi connectivity index (χ4n) is 1.64. The number of carbonyl (C=O) groups excluding carboxylic acids is 1. The Morgan fingerprint density at radius 1 is 1.56 bits per heavy atom. The molecule has 0 unspecified atom stereocenters. The van der Waals surface area contributed by atoms with Gasteiger partial charge in [0.1, 0.15) is 0 Å². The molecule has 0 saturated carbocycles. The van der Waals surface area contributed by atoms with E-state index in [-0.39, 0.29) is 5.97 Å². The number of hydrogen-bond donors (Lipinski definition) is 0. The number of thioether (sulfide) groups is 1. The summed E-state index contributed by atoms with van der Waals surface area (Å²) in [6.45, 7) is 4.45. The predicted molar refractivity (Wildman–Crippen MR) is 69.4 cm³/mol. The average Bonchev–Trinajstić information content (AvgIpc) is 2.77. The van der Waals surface area contributed by atoms with E-state index in [4.69, 9.17) is 4.74 Å². The molecule has 0 amide bonds. The minimum Gasteiger partial charge on any atom is -0.463 e. The molecule has 0 aromatic carbocycles. The van der Waals surface area contributed by atoms with E-state index in [9.17, 15) is 4.79 Å². The molecule has 0 aromatic heterocycles. The molecule has 1 aliphatic rings. The summed E-state index contributed by atoms with van der Waals surface area (Å²) in [4.78, 5) is 11.4. The second-order valence-corrected chi connectivity index (χ2v) is 4.77. The molecule has 0 saturated heterocycles. The quantitative estimate of drug-likeness (QED) is 0.523. The van der Waals surface area contributed by atoms with E-state index in [1.165, 1.54) is 11.1 Å². The van der Waals surface area contributed by atoms with Gasteiger partial charge in [-0.25, -0.2) is 4.79 Å². The van der Waals surface area contributed by atoms with Gasteiger partial charge >= 0.3 is 5.97 Å². The largest absolute Gasteiger partial charge is 0.463 e. The third-order valence-electron chi connectivity index (χ3n) is 2.51. The third-order valence-corrected chi connectivity index (χ3v) is 3.40. The number of carbonyl (C=O) groups is 1. The zero-order valence-electron chi connectivity index (χ0n) is 10.1. The Hall–Kier alpha value is -0.700. The smallest absolute Gasteiger partial charge is 0.331 e. The summed E-state index contributed by atoms with van der Waals surface area (Å²) in [5.41, 5.74) is 2.50. The van der Waals surface area contributed by atoms with E-state index in [0.29, 0.717) is 6.61 Å². The van der Waals surface area contributed by atoms with Gasteiger partial charge in [0.2, 0.25) is 0 Å². The molecule has 1 heterocycles. The van der Waals surface area contributed by atoms with Crippen LogP contribution >= 0.6 is 11.8 Å². The van der Waals surface area contributed by atoms with Crippen LogP contribution in [0.3, 0.4) is 0 Å². The van der Waals surface area contributed by atoms with E-state index in [2.05, 4.69) is 12.3 Å². The summed E-state index contributed by atoms with van der Waals surface area (Å²) in [5, 5.41) is 2.18. The lowest BCUT2D eigenvalue weighted by molar-refractivity contribution is -0.137. The minimum atomic E-state index is -0.202. The lowest BCUT2D eigenvalue weighted by Gasteiger charge is -2.07. The molecular formula is C13H20O2S. The van der Waals surface area contributed by atoms with Gasteiger partial charge in [-0.1, -0.05) is 13.3 Å². The van der Waals surface area contributed by atoms with E-state index >= 15 is 0 Å². The van der Waals surface area contributed by atoms with Gasteiger partial charge in [-0.2, -0.15) is 0 Å². The molecule has 0 atom stereocenters. The molecule has 0 aromatic rings. The molecular weight excluding hydrogens is 220 g/mol. The van der Waals surface area contributed by atoms with Gasteiger partial charge in [-0.05, 0) is 42.7 Å². The number of unbranched alkanes of at least 4 members (excludes halogenated alkanes) is 1. The van der Waals surface area contributed by atoms with Gasteiger partial charge in [0.15, 0.2) is 0 Å². The van der Waals surface area contributed by atoms with Crippen molar-refractivity contribution < 1.29 is 9.53 Å². The number of hydrogen-bond acceptors (Lipinski definition) is 3. The highest BCUT2D eigenvalue weighted by Crippen LogP contribution is 2.30. The van der Waals surface area contributed by atoms with E-state index in [0.717, 1.165) is 31.4 Å². The van der Waals surface area contributed by atoms with Gasteiger partial charge in [0.25, 0.3) is 0 Å². The second-order valence-electron chi connectivity index (χ2n) is 3.79. The number of ether oxygens (including phenoxy) is 1. The van der Waals surface area contributed by atoms with Gasteiger partial charge in [0.05, 0.1) is 6.61 Å². The Morgan fingerprint density at radius 3 is 2.94 bits per heavy atom. The maximum Gasteiger partial charge on any atom is 0.331 e. The first-order chi connectivity index (χ1) is 7.77. The van der Waals surface area contributed by atoms with Crippen molar-refractivity contribution in [3.63, 3.8) is 0 Å². The first-order valence-electron chi connectivity index (χ1n) is 5.96. The van der Waals surface area contributed by atoms with Gasteiger partial charge in [0, 0.05) is 11.8 Å². The minimum absolute atomic E-state index is 0.202. The predicted octanol–water partition coefficient (Wildman–Crippen LogP) is 3.69. The average molecular weight is 240 g/mol. The van der Waals surface area contributed by atoms with Crippen LogP contribution in [-0.2, 0) is 9.53 Å². The van der Waals surface area contributed by atoms with Crippen molar-refractivity contribution in [3.05, 3.63) is 22.6 Å². The van der Waals surface area contributed by atoms with Crippen molar-refractivity contribution in [1.82, 2.24) is 0 Å². The van der Waals surface area contributed by atoms with Crippen LogP contribution in [0.5, 0.6) is 0 Å². The summed E-state index contributed by atoms with van der Waals surface area (Å²) in [5.74, 6) is 0.938. The molecule has 0 bridgehead atoms. The third kappa shape index (κ3) is 4.44. The second kappa shape index (κ2) is 7.55. The van der Waals surface area contributed by atoms with Crippen LogP contribution in [0.1, 0.15) is 39.5 Å². The van der Waals surface area contributed by atoms with E-state index < -0.39 is 0 Å². The highest BCUT2D eigenvalue weighted by Gasteiger charge is 2.12. The molecule has 90 valence electrons. The van der Waals surface area contributed by atoms with Crippen LogP contribution in [0.15, 0.2) is 22.6 Å². The van der Waals surface area contributed by atoms with E-state index in [1.807, 2.05) is 18.7 Å². The van der Waals surface area contributed by atoms with Gasteiger partial charge < -0.3 is 4.74 Å². The Kier molecular flexibility index (Phi) is 6.31. The van der Waals surface area contributed by atoms with Crippen LogP contribution < -0.4 is 0 Å². The van der Waals surface area contributed by atoms with Crippen LogP contribution in [-0.4, -0.2) is 18.3 Å². The molecule has 16 heavy (non-hydrogen) atoms. The topological polar surface area (TPSA) is 26.3 Å². The number of esters is 1. The number of rotatable bonds is 6. The molecule has 0 fully saturated rings. The molecule has 1 aliphatic heterocycles. The van der Waals surface area contributed by atoms with Gasteiger partial charge in [-0.15, -0.1) is 11.8 Å². The summed E-state index contributed by atoms with van der Waals surface area (Å²) in [6, 6.07) is 0. The lowest BCUT2D eigenvalue weighted by Crippen LogP contribution is -2.02. The van der Waals surface area contributed by atoms with Crippen molar-refractivity contribution in [2.75, 3.05) is 12.4 Å². The standard InChI is InChI=1S/C13H20O2S/c1-3-5-6-11(9-13(14)15-4-2)12-7-8-16-10-12/h9-10H,3-8H2,1-2H3/b11-9-. The highest BCUT2D eigenvalue weighted by atomic mass is 32.2. The maximum absolute atomic E-state index is 11.4.